The summed E-state index contributed by atoms with van der Waals surface area (Å²) in [5, 5.41) is 2.85. The summed E-state index contributed by atoms with van der Waals surface area (Å²) in [5.41, 5.74) is 1.29. The van der Waals surface area contributed by atoms with E-state index in [1.165, 1.54) is 11.8 Å². The van der Waals surface area contributed by atoms with Gasteiger partial charge in [-0.15, -0.1) is 11.8 Å². The van der Waals surface area contributed by atoms with Crippen molar-refractivity contribution in [2.45, 2.75) is 36.6 Å². The van der Waals surface area contributed by atoms with Crippen LogP contribution in [0.25, 0.3) is 0 Å². The van der Waals surface area contributed by atoms with Crippen molar-refractivity contribution in [1.82, 2.24) is 5.32 Å². The molecule has 0 aliphatic rings. The zero-order chi connectivity index (χ0) is 26.1. The number of thioether (sulfide) groups is 1. The molecule has 7 nitrogen and oxygen atoms in total. The summed E-state index contributed by atoms with van der Waals surface area (Å²) in [7, 11) is -4.06. The highest BCUT2D eigenvalue weighted by molar-refractivity contribution is 7.98. The molecule has 192 valence electrons. The number of anilines is 1. The molecule has 0 spiro atoms. The first-order valence-corrected chi connectivity index (χ1v) is 14.3. The van der Waals surface area contributed by atoms with Crippen molar-refractivity contribution in [2.75, 3.05) is 30.3 Å². The monoisotopic (exact) mass is 528 g/mol. The molecule has 0 heterocycles. The lowest BCUT2D eigenvalue weighted by Crippen LogP contribution is -2.45. The standard InChI is InChI=1S/C27H32N2O5S2/c1-5-33-26-13-9-7-11-24(26)29(36(31,32)23-16-14-22(35-4)15-17-23)18-27(30)28-21(3)19-34-25-12-8-6-10-20(25)2/h6-17,21H,5,18-19H2,1-4H3,(H,28,30). The maximum atomic E-state index is 13.7. The van der Waals surface area contributed by atoms with Gasteiger partial charge in [0.2, 0.25) is 5.91 Å². The molecule has 0 fully saturated rings. The quantitative estimate of drug-likeness (QED) is 0.337. The molecular formula is C27H32N2O5S2. The van der Waals surface area contributed by atoms with E-state index in [-0.39, 0.29) is 17.5 Å². The Morgan fingerprint density at radius 2 is 1.61 bits per heavy atom. The number of nitrogens with one attached hydrogen (secondary N) is 1. The van der Waals surface area contributed by atoms with E-state index >= 15 is 0 Å². The van der Waals surface area contributed by atoms with Gasteiger partial charge < -0.3 is 14.8 Å². The maximum Gasteiger partial charge on any atom is 0.264 e. The highest BCUT2D eigenvalue weighted by atomic mass is 32.2. The van der Waals surface area contributed by atoms with Crippen molar-refractivity contribution < 1.29 is 22.7 Å². The fourth-order valence-electron chi connectivity index (χ4n) is 3.54. The van der Waals surface area contributed by atoms with Gasteiger partial charge in [-0.2, -0.15) is 0 Å². The number of amides is 1. The van der Waals surface area contributed by atoms with Crippen molar-refractivity contribution >= 4 is 33.4 Å². The second kappa shape index (κ2) is 12.7. The smallest absolute Gasteiger partial charge is 0.264 e. The number of ether oxygens (including phenoxy) is 2. The zero-order valence-corrected chi connectivity index (χ0v) is 22.6. The topological polar surface area (TPSA) is 84.9 Å². The third-order valence-electron chi connectivity index (χ3n) is 5.36. The molecule has 3 aromatic rings. The number of para-hydroxylation sites is 3. The third kappa shape index (κ3) is 6.95. The summed E-state index contributed by atoms with van der Waals surface area (Å²) >= 11 is 1.52. The Kier molecular flexibility index (Phi) is 9.66. The number of rotatable bonds is 12. The van der Waals surface area contributed by atoms with Gasteiger partial charge in [-0.25, -0.2) is 8.42 Å². The first kappa shape index (κ1) is 27.4. The minimum absolute atomic E-state index is 0.0929. The number of carbonyl (C=O) groups excluding carboxylic acids is 1. The van der Waals surface area contributed by atoms with Crippen molar-refractivity contribution in [2.24, 2.45) is 0 Å². The van der Waals surface area contributed by atoms with Crippen LogP contribution >= 0.6 is 11.8 Å². The van der Waals surface area contributed by atoms with Gasteiger partial charge in [0.05, 0.1) is 23.2 Å². The second-order valence-corrected chi connectivity index (χ2v) is 10.9. The number of hydrogen-bond acceptors (Lipinski definition) is 6. The molecular weight excluding hydrogens is 496 g/mol. The summed E-state index contributed by atoms with van der Waals surface area (Å²) in [4.78, 5) is 14.1. The predicted molar refractivity (Wildman–Crippen MR) is 145 cm³/mol. The lowest BCUT2D eigenvalue weighted by molar-refractivity contribution is -0.120. The molecule has 1 N–H and O–H groups in total. The summed E-state index contributed by atoms with van der Waals surface area (Å²) in [6.45, 7) is 5.76. The second-order valence-electron chi connectivity index (χ2n) is 8.13. The highest BCUT2D eigenvalue weighted by Crippen LogP contribution is 2.33. The normalized spacial score (nSPS) is 12.0. The van der Waals surface area contributed by atoms with Crippen molar-refractivity contribution in [3.05, 3.63) is 78.4 Å². The molecule has 3 aromatic carbocycles. The van der Waals surface area contributed by atoms with Gasteiger partial charge in [0.1, 0.15) is 24.7 Å². The van der Waals surface area contributed by atoms with Crippen LogP contribution in [0, 0.1) is 6.92 Å². The van der Waals surface area contributed by atoms with E-state index in [1.54, 1.807) is 48.5 Å². The van der Waals surface area contributed by atoms with Crippen molar-refractivity contribution in [3.8, 4) is 11.5 Å². The maximum absolute atomic E-state index is 13.7. The largest absolute Gasteiger partial charge is 0.492 e. The first-order valence-electron chi connectivity index (χ1n) is 11.6. The molecule has 9 heteroatoms. The van der Waals surface area contributed by atoms with Crippen molar-refractivity contribution in [1.29, 1.82) is 0 Å². The minimum atomic E-state index is -4.06. The number of benzene rings is 3. The molecule has 0 saturated carbocycles. The van der Waals surface area contributed by atoms with Crippen LogP contribution in [0.15, 0.2) is 82.6 Å². The minimum Gasteiger partial charge on any atom is -0.492 e. The van der Waals surface area contributed by atoms with E-state index in [0.717, 1.165) is 20.5 Å². The van der Waals surface area contributed by atoms with E-state index in [1.807, 2.05) is 51.3 Å². The molecule has 36 heavy (non-hydrogen) atoms. The molecule has 0 aliphatic carbocycles. The van der Waals surface area contributed by atoms with Crippen LogP contribution in [0.5, 0.6) is 11.5 Å². The molecule has 0 bridgehead atoms. The van der Waals surface area contributed by atoms with E-state index in [4.69, 9.17) is 9.47 Å². The van der Waals surface area contributed by atoms with Crippen LogP contribution in [0.1, 0.15) is 19.4 Å². The summed E-state index contributed by atoms with van der Waals surface area (Å²) in [6.07, 6.45) is 1.92. The Bertz CT molecular complexity index is 1260. The van der Waals surface area contributed by atoms with E-state index in [2.05, 4.69) is 5.32 Å². The first-order chi connectivity index (χ1) is 17.3. The molecule has 3 rings (SSSR count). The van der Waals surface area contributed by atoms with Gasteiger partial charge in [0.15, 0.2) is 0 Å². The SMILES string of the molecule is CCOc1ccccc1N(CC(=O)NC(C)COc1ccccc1C)S(=O)(=O)c1ccc(SC)cc1. The van der Waals surface area contributed by atoms with Gasteiger partial charge in [-0.1, -0.05) is 30.3 Å². The van der Waals surface area contributed by atoms with Crippen LogP contribution < -0.4 is 19.1 Å². The van der Waals surface area contributed by atoms with Gasteiger partial charge in [-0.3, -0.25) is 9.10 Å². The van der Waals surface area contributed by atoms with E-state index < -0.39 is 22.5 Å². The van der Waals surface area contributed by atoms with Crippen LogP contribution in [0.4, 0.5) is 5.69 Å². The summed E-state index contributed by atoms with van der Waals surface area (Å²) in [5.74, 6) is 0.668. The van der Waals surface area contributed by atoms with Gasteiger partial charge in [0.25, 0.3) is 10.0 Å². The number of aryl methyl sites for hydroxylation is 1. The molecule has 0 saturated heterocycles. The van der Waals surface area contributed by atoms with Crippen LogP contribution in [0.2, 0.25) is 0 Å². The van der Waals surface area contributed by atoms with E-state index in [9.17, 15) is 13.2 Å². The average molecular weight is 529 g/mol. The number of carbonyl (C=O) groups is 1. The average Bonchev–Trinajstić information content (AvgIpc) is 2.87. The van der Waals surface area contributed by atoms with Crippen LogP contribution in [-0.4, -0.2) is 46.4 Å². The number of sulfonamides is 1. The lowest BCUT2D eigenvalue weighted by Gasteiger charge is -2.26. The molecule has 0 radical (unpaired) electrons. The number of hydrogen-bond donors (Lipinski definition) is 1. The zero-order valence-electron chi connectivity index (χ0n) is 20.9. The number of nitrogens with zero attached hydrogens (tertiary/aromatic N) is 1. The fourth-order valence-corrected chi connectivity index (χ4v) is 5.38. The molecule has 1 amide bonds. The fraction of sp³-hybridized carbons (Fsp3) is 0.296. The Balaban J connectivity index is 1.83. The molecule has 0 aliphatic heterocycles. The van der Waals surface area contributed by atoms with Gasteiger partial charge in [-0.05, 0) is 75.1 Å². The molecule has 1 atom stereocenters. The molecule has 0 aromatic heterocycles. The molecule has 1 unspecified atom stereocenters. The summed E-state index contributed by atoms with van der Waals surface area (Å²) in [6, 6.07) is 20.7. The third-order valence-corrected chi connectivity index (χ3v) is 7.88. The van der Waals surface area contributed by atoms with E-state index in [0.29, 0.717) is 18.0 Å². The van der Waals surface area contributed by atoms with Crippen LogP contribution in [-0.2, 0) is 14.8 Å². The van der Waals surface area contributed by atoms with Gasteiger partial charge >= 0.3 is 0 Å². The predicted octanol–water partition coefficient (Wildman–Crippen LogP) is 4.89. The van der Waals surface area contributed by atoms with Crippen LogP contribution in [0.3, 0.4) is 0 Å². The Morgan fingerprint density at radius 3 is 2.25 bits per heavy atom. The summed E-state index contributed by atoms with van der Waals surface area (Å²) < 4.78 is 40.0. The highest BCUT2D eigenvalue weighted by Gasteiger charge is 2.29. The lowest BCUT2D eigenvalue weighted by atomic mass is 10.2. The Labute approximate surface area is 217 Å². The Hall–Kier alpha value is -3.17. The Morgan fingerprint density at radius 1 is 0.972 bits per heavy atom. The van der Waals surface area contributed by atoms with Gasteiger partial charge in [0, 0.05) is 4.90 Å². The van der Waals surface area contributed by atoms with Crippen molar-refractivity contribution in [3.63, 3.8) is 0 Å².